The summed E-state index contributed by atoms with van der Waals surface area (Å²) in [5, 5.41) is 12.1. The lowest BCUT2D eigenvalue weighted by molar-refractivity contribution is 0.0690. The first-order valence-electron chi connectivity index (χ1n) is 6.13. The van der Waals surface area contributed by atoms with E-state index in [-0.39, 0.29) is 5.69 Å². The molecule has 2 N–H and O–H groups in total. The number of hydrogen-bond donors (Lipinski definition) is 2. The zero-order valence-electron chi connectivity index (χ0n) is 9.65. The standard InChI is InChI=1S/C13H16N2O2/c16-12(17)11-4-3-10(7-14-11)15-8-13(5-6-13)9-1-2-9/h3-4,7,9,15H,1-2,5-6,8H2,(H,16,17). The summed E-state index contributed by atoms with van der Waals surface area (Å²) < 4.78 is 0. The van der Waals surface area contributed by atoms with Gasteiger partial charge in [0.25, 0.3) is 0 Å². The summed E-state index contributed by atoms with van der Waals surface area (Å²) in [7, 11) is 0. The maximum atomic E-state index is 10.7. The van der Waals surface area contributed by atoms with Gasteiger partial charge < -0.3 is 10.4 Å². The molecule has 0 saturated heterocycles. The second kappa shape index (κ2) is 3.72. The predicted molar refractivity (Wildman–Crippen MR) is 64.1 cm³/mol. The Morgan fingerprint density at radius 3 is 2.71 bits per heavy atom. The Morgan fingerprint density at radius 2 is 2.24 bits per heavy atom. The fourth-order valence-corrected chi connectivity index (χ4v) is 2.49. The molecule has 90 valence electrons. The fourth-order valence-electron chi connectivity index (χ4n) is 2.49. The minimum absolute atomic E-state index is 0.0962. The number of hydrogen-bond acceptors (Lipinski definition) is 3. The van der Waals surface area contributed by atoms with Gasteiger partial charge in [0.1, 0.15) is 5.69 Å². The molecule has 3 rings (SSSR count). The van der Waals surface area contributed by atoms with Gasteiger partial charge in [0.15, 0.2) is 0 Å². The highest BCUT2D eigenvalue weighted by atomic mass is 16.4. The highest BCUT2D eigenvalue weighted by molar-refractivity contribution is 5.85. The second-order valence-electron chi connectivity index (χ2n) is 5.23. The van der Waals surface area contributed by atoms with E-state index in [9.17, 15) is 4.79 Å². The van der Waals surface area contributed by atoms with Crippen molar-refractivity contribution in [2.45, 2.75) is 25.7 Å². The number of aromatic nitrogens is 1. The molecule has 2 aliphatic rings. The van der Waals surface area contributed by atoms with E-state index in [1.807, 2.05) is 0 Å². The molecule has 0 unspecified atom stereocenters. The Kier molecular flexibility index (Phi) is 2.31. The molecule has 1 heterocycles. The number of carboxylic acids is 1. The van der Waals surface area contributed by atoms with Gasteiger partial charge in [-0.3, -0.25) is 0 Å². The lowest BCUT2D eigenvalue weighted by Crippen LogP contribution is -2.17. The van der Waals surface area contributed by atoms with Crippen LogP contribution in [-0.2, 0) is 0 Å². The van der Waals surface area contributed by atoms with E-state index < -0.39 is 5.97 Å². The second-order valence-corrected chi connectivity index (χ2v) is 5.23. The molecule has 1 aromatic heterocycles. The highest BCUT2D eigenvalue weighted by Crippen LogP contribution is 2.61. The van der Waals surface area contributed by atoms with Crippen molar-refractivity contribution in [1.29, 1.82) is 0 Å². The Bertz CT molecular complexity index is 433. The van der Waals surface area contributed by atoms with Gasteiger partial charge in [-0.05, 0) is 49.1 Å². The molecule has 0 bridgehead atoms. The van der Waals surface area contributed by atoms with Gasteiger partial charge in [0.05, 0.1) is 11.9 Å². The fraction of sp³-hybridized carbons (Fsp3) is 0.538. The molecule has 4 heteroatoms. The van der Waals surface area contributed by atoms with Crippen LogP contribution in [0.25, 0.3) is 0 Å². The van der Waals surface area contributed by atoms with Gasteiger partial charge in [-0.25, -0.2) is 9.78 Å². The van der Waals surface area contributed by atoms with Crippen LogP contribution in [0.3, 0.4) is 0 Å². The van der Waals surface area contributed by atoms with Gasteiger partial charge >= 0.3 is 5.97 Å². The number of carboxylic acid groups (broad SMARTS) is 1. The topological polar surface area (TPSA) is 62.2 Å². The third-order valence-electron chi connectivity index (χ3n) is 3.96. The number of nitrogens with zero attached hydrogens (tertiary/aromatic N) is 1. The highest BCUT2D eigenvalue weighted by Gasteiger charge is 2.53. The minimum atomic E-state index is -0.979. The summed E-state index contributed by atoms with van der Waals surface area (Å²) >= 11 is 0. The molecule has 4 nitrogen and oxygen atoms in total. The summed E-state index contributed by atoms with van der Waals surface area (Å²) in [6.07, 6.45) is 7.05. The summed E-state index contributed by atoms with van der Waals surface area (Å²) in [6.45, 7) is 1.01. The van der Waals surface area contributed by atoms with Gasteiger partial charge in [-0.2, -0.15) is 0 Å². The van der Waals surface area contributed by atoms with Crippen LogP contribution in [0.4, 0.5) is 5.69 Å². The maximum absolute atomic E-state index is 10.7. The first-order valence-corrected chi connectivity index (χ1v) is 6.13. The summed E-state index contributed by atoms with van der Waals surface area (Å²) in [4.78, 5) is 14.6. The van der Waals surface area contributed by atoms with Crippen molar-refractivity contribution in [2.75, 3.05) is 11.9 Å². The number of carbonyl (C=O) groups is 1. The quantitative estimate of drug-likeness (QED) is 0.818. The molecule has 0 spiro atoms. The van der Waals surface area contributed by atoms with Crippen LogP contribution < -0.4 is 5.32 Å². The van der Waals surface area contributed by atoms with Crippen molar-refractivity contribution in [3.63, 3.8) is 0 Å². The van der Waals surface area contributed by atoms with Crippen LogP contribution in [0, 0.1) is 11.3 Å². The van der Waals surface area contributed by atoms with Crippen LogP contribution >= 0.6 is 0 Å². The van der Waals surface area contributed by atoms with E-state index in [1.165, 1.54) is 25.7 Å². The third kappa shape index (κ3) is 2.12. The molecule has 1 aromatic rings. The van der Waals surface area contributed by atoms with Crippen molar-refractivity contribution in [3.8, 4) is 0 Å². The van der Waals surface area contributed by atoms with E-state index in [0.29, 0.717) is 5.41 Å². The Labute approximate surface area is 100 Å². The zero-order chi connectivity index (χ0) is 11.9. The number of nitrogens with one attached hydrogen (secondary N) is 1. The van der Waals surface area contributed by atoms with Gasteiger partial charge in [-0.15, -0.1) is 0 Å². The van der Waals surface area contributed by atoms with E-state index in [0.717, 1.165) is 18.2 Å². The lowest BCUT2D eigenvalue weighted by Gasteiger charge is -2.15. The maximum Gasteiger partial charge on any atom is 0.354 e. The number of pyridine rings is 1. The SMILES string of the molecule is O=C(O)c1ccc(NCC2(C3CC3)CC2)cn1. The van der Waals surface area contributed by atoms with Crippen molar-refractivity contribution >= 4 is 11.7 Å². The number of rotatable bonds is 5. The van der Waals surface area contributed by atoms with E-state index >= 15 is 0 Å². The largest absolute Gasteiger partial charge is 0.477 e. The normalized spacial score (nSPS) is 20.9. The third-order valence-corrected chi connectivity index (χ3v) is 3.96. The van der Waals surface area contributed by atoms with Crippen molar-refractivity contribution < 1.29 is 9.90 Å². The first kappa shape index (κ1) is 10.6. The average Bonchev–Trinajstić information content (AvgIpc) is 3.17. The van der Waals surface area contributed by atoms with Crippen molar-refractivity contribution in [3.05, 3.63) is 24.0 Å². The Hall–Kier alpha value is -1.58. The van der Waals surface area contributed by atoms with Gasteiger partial charge in [0.2, 0.25) is 0 Å². The van der Waals surface area contributed by atoms with Crippen molar-refractivity contribution in [1.82, 2.24) is 4.98 Å². The minimum Gasteiger partial charge on any atom is -0.477 e. The molecule has 0 aliphatic heterocycles. The lowest BCUT2D eigenvalue weighted by atomic mass is 10.0. The Balaban J connectivity index is 1.59. The summed E-state index contributed by atoms with van der Waals surface area (Å²) in [5.41, 5.74) is 1.56. The molecular formula is C13H16N2O2. The van der Waals surface area contributed by atoms with Crippen LogP contribution in [0.1, 0.15) is 36.2 Å². The van der Waals surface area contributed by atoms with Gasteiger partial charge in [0, 0.05) is 6.54 Å². The smallest absolute Gasteiger partial charge is 0.354 e. The average molecular weight is 232 g/mol. The van der Waals surface area contributed by atoms with E-state index in [4.69, 9.17) is 5.11 Å². The van der Waals surface area contributed by atoms with Crippen LogP contribution in [-0.4, -0.2) is 22.6 Å². The Morgan fingerprint density at radius 1 is 1.47 bits per heavy atom. The summed E-state index contributed by atoms with van der Waals surface area (Å²) in [6, 6.07) is 3.33. The molecule has 2 fully saturated rings. The number of aromatic carboxylic acids is 1. The monoisotopic (exact) mass is 232 g/mol. The molecule has 0 aromatic carbocycles. The molecule has 0 amide bonds. The molecule has 17 heavy (non-hydrogen) atoms. The molecular weight excluding hydrogens is 216 g/mol. The summed E-state index contributed by atoms with van der Waals surface area (Å²) in [5.74, 6) is -0.0468. The molecule has 0 atom stereocenters. The molecule has 2 aliphatic carbocycles. The van der Waals surface area contributed by atoms with E-state index in [2.05, 4.69) is 10.3 Å². The van der Waals surface area contributed by atoms with Crippen LogP contribution in [0.5, 0.6) is 0 Å². The van der Waals surface area contributed by atoms with E-state index in [1.54, 1.807) is 18.3 Å². The zero-order valence-corrected chi connectivity index (χ0v) is 9.65. The molecule has 0 radical (unpaired) electrons. The number of anilines is 1. The van der Waals surface area contributed by atoms with Gasteiger partial charge in [-0.1, -0.05) is 0 Å². The molecule has 2 saturated carbocycles. The predicted octanol–water partition coefficient (Wildman–Crippen LogP) is 2.38. The first-order chi connectivity index (χ1) is 8.20. The van der Waals surface area contributed by atoms with Crippen LogP contribution in [0.2, 0.25) is 0 Å². The van der Waals surface area contributed by atoms with Crippen LogP contribution in [0.15, 0.2) is 18.3 Å². The van der Waals surface area contributed by atoms with Crippen molar-refractivity contribution in [2.24, 2.45) is 11.3 Å².